The van der Waals surface area contributed by atoms with Crippen LogP contribution >= 0.6 is 0 Å². The van der Waals surface area contributed by atoms with Crippen molar-refractivity contribution in [1.29, 1.82) is 0 Å². The molecule has 0 fully saturated rings. The van der Waals surface area contributed by atoms with Crippen molar-refractivity contribution in [2.75, 3.05) is 13.7 Å². The molecule has 0 aliphatic rings. The molecule has 0 radical (unpaired) electrons. The first-order valence-corrected chi connectivity index (χ1v) is 6.26. The highest BCUT2D eigenvalue weighted by atomic mass is 16.5. The van der Waals surface area contributed by atoms with E-state index in [0.29, 0.717) is 17.7 Å². The van der Waals surface area contributed by atoms with E-state index in [1.165, 1.54) is 0 Å². The number of aliphatic hydroxyl groups is 1. The minimum absolute atomic E-state index is 0.0750. The predicted octanol–water partition coefficient (Wildman–Crippen LogP) is 2.28. The van der Waals surface area contributed by atoms with E-state index in [0.717, 1.165) is 0 Å². The Morgan fingerprint density at radius 3 is 2.56 bits per heavy atom. The number of rotatable bonds is 5. The molecule has 1 aromatic rings. The molecule has 0 saturated heterocycles. The molecule has 1 unspecified atom stereocenters. The molecule has 1 amide bonds. The van der Waals surface area contributed by atoms with Crippen molar-refractivity contribution in [2.45, 2.75) is 33.3 Å². The number of ether oxygens (including phenoxy) is 1. The van der Waals surface area contributed by atoms with Crippen molar-refractivity contribution in [1.82, 2.24) is 5.32 Å². The maximum absolute atomic E-state index is 11.0. The van der Waals surface area contributed by atoms with Crippen molar-refractivity contribution in [3.8, 4) is 5.75 Å². The van der Waals surface area contributed by atoms with Crippen LogP contribution < -0.4 is 10.1 Å². The first-order chi connectivity index (χ1) is 8.69. The Bertz CT molecular complexity index is 353. The SMILES string of the molecule is CC.CCC(=O)NCC(O)c1ccccc1OC. The van der Waals surface area contributed by atoms with Crippen LogP contribution in [0, 0.1) is 0 Å². The number of hydrogen-bond donors (Lipinski definition) is 2. The third kappa shape index (κ3) is 5.19. The molecular weight excluding hydrogens is 230 g/mol. The van der Waals surface area contributed by atoms with Gasteiger partial charge in [0.2, 0.25) is 5.91 Å². The lowest BCUT2D eigenvalue weighted by molar-refractivity contribution is -0.121. The first-order valence-electron chi connectivity index (χ1n) is 6.26. The first kappa shape index (κ1) is 16.4. The monoisotopic (exact) mass is 253 g/mol. The van der Waals surface area contributed by atoms with E-state index in [1.807, 2.05) is 26.0 Å². The van der Waals surface area contributed by atoms with E-state index in [2.05, 4.69) is 5.32 Å². The number of carbonyl (C=O) groups is 1. The van der Waals surface area contributed by atoms with Crippen molar-refractivity contribution in [3.63, 3.8) is 0 Å². The number of carbonyl (C=O) groups excluding carboxylic acids is 1. The summed E-state index contributed by atoms with van der Waals surface area (Å²) < 4.78 is 5.13. The highest BCUT2D eigenvalue weighted by molar-refractivity contribution is 5.75. The van der Waals surface area contributed by atoms with Gasteiger partial charge in [-0.2, -0.15) is 0 Å². The number of amides is 1. The molecule has 4 nitrogen and oxygen atoms in total. The van der Waals surface area contributed by atoms with E-state index in [1.54, 1.807) is 26.2 Å². The number of aliphatic hydroxyl groups excluding tert-OH is 1. The summed E-state index contributed by atoms with van der Waals surface area (Å²) in [5.74, 6) is 0.551. The van der Waals surface area contributed by atoms with Crippen LogP contribution in [0.1, 0.15) is 38.9 Å². The van der Waals surface area contributed by atoms with Gasteiger partial charge in [0, 0.05) is 18.5 Å². The van der Waals surface area contributed by atoms with Crippen LogP contribution in [0.4, 0.5) is 0 Å². The van der Waals surface area contributed by atoms with Gasteiger partial charge in [-0.05, 0) is 6.07 Å². The molecule has 1 rings (SSSR count). The number of methoxy groups -OCH3 is 1. The molecule has 102 valence electrons. The van der Waals surface area contributed by atoms with Gasteiger partial charge in [0.1, 0.15) is 5.75 Å². The van der Waals surface area contributed by atoms with Crippen LogP contribution in [0.2, 0.25) is 0 Å². The normalized spacial score (nSPS) is 10.9. The Balaban J connectivity index is 0.00000137. The zero-order chi connectivity index (χ0) is 14.0. The van der Waals surface area contributed by atoms with E-state index < -0.39 is 6.10 Å². The van der Waals surface area contributed by atoms with Gasteiger partial charge in [0.25, 0.3) is 0 Å². The lowest BCUT2D eigenvalue weighted by Gasteiger charge is -2.15. The fraction of sp³-hybridized carbons (Fsp3) is 0.500. The summed E-state index contributed by atoms with van der Waals surface area (Å²) >= 11 is 0. The Morgan fingerprint density at radius 1 is 1.39 bits per heavy atom. The summed E-state index contributed by atoms with van der Waals surface area (Å²) in [6.45, 7) is 5.97. The zero-order valence-corrected chi connectivity index (χ0v) is 11.6. The molecule has 0 aliphatic carbocycles. The maximum Gasteiger partial charge on any atom is 0.219 e. The van der Waals surface area contributed by atoms with Gasteiger partial charge in [-0.1, -0.05) is 39.0 Å². The second-order valence-electron chi connectivity index (χ2n) is 3.42. The lowest BCUT2D eigenvalue weighted by atomic mass is 10.1. The molecular formula is C14H23NO3. The molecule has 0 heterocycles. The number of benzene rings is 1. The van der Waals surface area contributed by atoms with E-state index >= 15 is 0 Å². The average Bonchev–Trinajstić information content (AvgIpc) is 2.46. The summed E-state index contributed by atoms with van der Waals surface area (Å²) in [5.41, 5.74) is 0.682. The molecule has 4 heteroatoms. The van der Waals surface area contributed by atoms with Gasteiger partial charge in [0.15, 0.2) is 0 Å². The molecule has 2 N–H and O–H groups in total. The molecule has 1 aromatic carbocycles. The topological polar surface area (TPSA) is 58.6 Å². The summed E-state index contributed by atoms with van der Waals surface area (Å²) in [6, 6.07) is 7.21. The van der Waals surface area contributed by atoms with Gasteiger partial charge in [-0.3, -0.25) is 4.79 Å². The average molecular weight is 253 g/mol. The largest absolute Gasteiger partial charge is 0.496 e. The van der Waals surface area contributed by atoms with Crippen LogP contribution in [0.25, 0.3) is 0 Å². The number of para-hydroxylation sites is 1. The quantitative estimate of drug-likeness (QED) is 0.846. The molecule has 0 aromatic heterocycles. The molecule has 0 saturated carbocycles. The number of hydrogen-bond acceptors (Lipinski definition) is 3. The number of nitrogens with one attached hydrogen (secondary N) is 1. The standard InChI is InChI=1S/C12H17NO3.C2H6/c1-3-12(15)13-8-10(14)9-6-4-5-7-11(9)16-2;1-2/h4-7,10,14H,3,8H2,1-2H3,(H,13,15);1-2H3. The fourth-order valence-electron chi connectivity index (χ4n) is 1.39. The summed E-state index contributed by atoms with van der Waals surface area (Å²) in [7, 11) is 1.55. The van der Waals surface area contributed by atoms with Crippen molar-refractivity contribution >= 4 is 5.91 Å². The second kappa shape index (κ2) is 9.48. The minimum Gasteiger partial charge on any atom is -0.496 e. The van der Waals surface area contributed by atoms with Gasteiger partial charge in [-0.15, -0.1) is 0 Å². The summed E-state index contributed by atoms with van der Waals surface area (Å²) in [4.78, 5) is 11.0. The van der Waals surface area contributed by atoms with Crippen LogP contribution in [-0.2, 0) is 4.79 Å². The molecule has 0 aliphatic heterocycles. The van der Waals surface area contributed by atoms with Crippen LogP contribution in [0.3, 0.4) is 0 Å². The van der Waals surface area contributed by atoms with Crippen molar-refractivity contribution in [2.24, 2.45) is 0 Å². The van der Waals surface area contributed by atoms with Gasteiger partial charge in [0.05, 0.1) is 13.2 Å². The molecule has 0 bridgehead atoms. The maximum atomic E-state index is 11.0. The predicted molar refractivity (Wildman–Crippen MR) is 72.6 cm³/mol. The van der Waals surface area contributed by atoms with E-state index in [4.69, 9.17) is 4.74 Å². The van der Waals surface area contributed by atoms with E-state index in [-0.39, 0.29) is 12.5 Å². The zero-order valence-electron chi connectivity index (χ0n) is 11.6. The Labute approximate surface area is 109 Å². The van der Waals surface area contributed by atoms with Crippen molar-refractivity contribution < 1.29 is 14.6 Å². The smallest absolute Gasteiger partial charge is 0.219 e. The summed E-state index contributed by atoms with van der Waals surface area (Å²) in [5, 5.41) is 12.5. The Hall–Kier alpha value is -1.55. The van der Waals surface area contributed by atoms with Gasteiger partial charge >= 0.3 is 0 Å². The lowest BCUT2D eigenvalue weighted by Crippen LogP contribution is -2.27. The second-order valence-corrected chi connectivity index (χ2v) is 3.42. The summed E-state index contributed by atoms with van der Waals surface area (Å²) in [6.07, 6.45) is -0.329. The Morgan fingerprint density at radius 2 is 2.00 bits per heavy atom. The van der Waals surface area contributed by atoms with Gasteiger partial charge < -0.3 is 15.2 Å². The third-order valence-electron chi connectivity index (χ3n) is 2.31. The van der Waals surface area contributed by atoms with Crippen LogP contribution in [0.5, 0.6) is 5.75 Å². The van der Waals surface area contributed by atoms with Crippen LogP contribution in [-0.4, -0.2) is 24.7 Å². The highest BCUT2D eigenvalue weighted by Crippen LogP contribution is 2.23. The van der Waals surface area contributed by atoms with Crippen LogP contribution in [0.15, 0.2) is 24.3 Å². The molecule has 1 atom stereocenters. The third-order valence-corrected chi connectivity index (χ3v) is 2.31. The van der Waals surface area contributed by atoms with E-state index in [9.17, 15) is 9.90 Å². The minimum atomic E-state index is -0.744. The van der Waals surface area contributed by atoms with Crippen molar-refractivity contribution in [3.05, 3.63) is 29.8 Å². The molecule has 0 spiro atoms. The van der Waals surface area contributed by atoms with Gasteiger partial charge in [-0.25, -0.2) is 0 Å². The highest BCUT2D eigenvalue weighted by Gasteiger charge is 2.12. The Kier molecular flexibility index (Phi) is 8.66. The molecule has 18 heavy (non-hydrogen) atoms. The fourth-order valence-corrected chi connectivity index (χ4v) is 1.39.